The number of nitrogens with zero attached hydrogens (tertiary/aromatic N) is 1. The molecule has 1 aromatic carbocycles. The Morgan fingerprint density at radius 2 is 2.17 bits per heavy atom. The average Bonchev–Trinajstić information content (AvgIpc) is 2.85. The summed E-state index contributed by atoms with van der Waals surface area (Å²) in [6.07, 6.45) is 0.629. The fourth-order valence-electron chi connectivity index (χ4n) is 2.01. The Balaban J connectivity index is 1.69. The largest absolute Gasteiger partial charge is 0.454 e. The highest BCUT2D eigenvalue weighted by Gasteiger charge is 2.11. The normalized spacial score (nSPS) is 10.4. The van der Waals surface area contributed by atoms with Crippen molar-refractivity contribution in [2.75, 3.05) is 13.2 Å². The molecule has 0 saturated carbocycles. The first-order valence-electron chi connectivity index (χ1n) is 7.27. The van der Waals surface area contributed by atoms with Gasteiger partial charge in [-0.15, -0.1) is 0 Å². The Kier molecular flexibility index (Phi) is 6.57. The van der Waals surface area contributed by atoms with Crippen LogP contribution in [0.25, 0.3) is 0 Å². The van der Waals surface area contributed by atoms with Crippen LogP contribution >= 0.6 is 22.9 Å². The van der Waals surface area contributed by atoms with Gasteiger partial charge in [-0.2, -0.15) is 0 Å². The van der Waals surface area contributed by atoms with E-state index in [1.807, 2.05) is 18.2 Å². The van der Waals surface area contributed by atoms with E-state index < -0.39 is 5.97 Å². The van der Waals surface area contributed by atoms with Gasteiger partial charge < -0.3 is 10.1 Å². The van der Waals surface area contributed by atoms with Crippen molar-refractivity contribution in [3.05, 3.63) is 55.6 Å². The summed E-state index contributed by atoms with van der Waals surface area (Å²) in [5, 5.41) is 4.97. The molecule has 0 atom stereocenters. The number of carbonyl (C=O) groups excluding carboxylic acids is 2. The number of hydrogen-bond donors (Lipinski definition) is 1. The lowest BCUT2D eigenvalue weighted by molar-refractivity contribution is -0.149. The third-order valence-electron chi connectivity index (χ3n) is 3.25. The van der Waals surface area contributed by atoms with Crippen molar-refractivity contribution >= 4 is 34.8 Å². The lowest BCUT2D eigenvalue weighted by Gasteiger charge is -2.08. The van der Waals surface area contributed by atoms with E-state index in [1.165, 1.54) is 4.57 Å². The van der Waals surface area contributed by atoms with Crippen LogP contribution in [-0.4, -0.2) is 29.6 Å². The number of rotatable bonds is 7. The topological polar surface area (TPSA) is 77.4 Å². The first kappa shape index (κ1) is 18.2. The second kappa shape index (κ2) is 8.65. The van der Waals surface area contributed by atoms with Gasteiger partial charge in [0, 0.05) is 22.6 Å². The van der Waals surface area contributed by atoms with Crippen LogP contribution in [-0.2, 0) is 27.3 Å². The molecule has 1 amide bonds. The van der Waals surface area contributed by atoms with Crippen molar-refractivity contribution in [3.8, 4) is 0 Å². The minimum Gasteiger partial charge on any atom is -0.454 e. The van der Waals surface area contributed by atoms with Gasteiger partial charge in [0.2, 0.25) is 0 Å². The molecule has 24 heavy (non-hydrogen) atoms. The Bertz CT molecular complexity index is 784. The quantitative estimate of drug-likeness (QED) is 0.755. The van der Waals surface area contributed by atoms with E-state index in [0.717, 1.165) is 16.9 Å². The summed E-state index contributed by atoms with van der Waals surface area (Å²) in [6, 6.07) is 7.37. The standard InChI is InChI=1S/C16H17ClN2O4S/c1-11-10-24-16(22)19(11)8-15(21)23-9-14(20)18-6-5-12-3-2-4-13(17)7-12/h2-4,7,10H,5-6,8-9H2,1H3,(H,18,20). The van der Waals surface area contributed by atoms with Gasteiger partial charge in [0.15, 0.2) is 6.61 Å². The molecule has 2 aromatic rings. The van der Waals surface area contributed by atoms with Gasteiger partial charge >= 0.3 is 10.8 Å². The van der Waals surface area contributed by atoms with Crippen molar-refractivity contribution in [2.45, 2.75) is 19.9 Å². The van der Waals surface area contributed by atoms with E-state index >= 15 is 0 Å². The molecule has 0 radical (unpaired) electrons. The number of ether oxygens (including phenoxy) is 1. The highest BCUT2D eigenvalue weighted by Crippen LogP contribution is 2.10. The van der Waals surface area contributed by atoms with Crippen LogP contribution in [0, 0.1) is 6.92 Å². The summed E-state index contributed by atoms with van der Waals surface area (Å²) >= 11 is 6.90. The fourth-order valence-corrected chi connectivity index (χ4v) is 2.95. The van der Waals surface area contributed by atoms with Gasteiger partial charge in [0.25, 0.3) is 5.91 Å². The summed E-state index contributed by atoms with van der Waals surface area (Å²) in [7, 11) is 0. The van der Waals surface area contributed by atoms with Gasteiger partial charge in [-0.25, -0.2) is 0 Å². The Hall–Kier alpha value is -2.12. The molecule has 0 bridgehead atoms. The molecule has 0 fully saturated rings. The van der Waals surface area contributed by atoms with Gasteiger partial charge in [-0.3, -0.25) is 19.0 Å². The molecular weight excluding hydrogens is 352 g/mol. The molecule has 8 heteroatoms. The van der Waals surface area contributed by atoms with E-state index in [0.29, 0.717) is 23.7 Å². The van der Waals surface area contributed by atoms with Crippen LogP contribution in [0.15, 0.2) is 34.4 Å². The molecule has 0 saturated heterocycles. The summed E-state index contributed by atoms with van der Waals surface area (Å²) in [5.41, 5.74) is 1.69. The summed E-state index contributed by atoms with van der Waals surface area (Å²) < 4.78 is 6.19. The fraction of sp³-hybridized carbons (Fsp3) is 0.312. The van der Waals surface area contributed by atoms with E-state index in [9.17, 15) is 14.4 Å². The molecule has 0 aliphatic carbocycles. The van der Waals surface area contributed by atoms with Crippen LogP contribution in [0.1, 0.15) is 11.3 Å². The zero-order valence-corrected chi connectivity index (χ0v) is 14.7. The van der Waals surface area contributed by atoms with E-state index in [4.69, 9.17) is 16.3 Å². The lowest BCUT2D eigenvalue weighted by atomic mass is 10.1. The molecule has 1 N–H and O–H groups in total. The zero-order chi connectivity index (χ0) is 17.5. The molecular formula is C16H17ClN2O4S. The number of halogens is 1. The number of aromatic nitrogens is 1. The number of benzene rings is 1. The minimum absolute atomic E-state index is 0.191. The smallest absolute Gasteiger partial charge is 0.326 e. The van der Waals surface area contributed by atoms with Crippen LogP contribution in [0.4, 0.5) is 0 Å². The second-order valence-corrected chi connectivity index (χ2v) is 6.38. The predicted octanol–water partition coefficient (Wildman–Crippen LogP) is 1.77. The monoisotopic (exact) mass is 368 g/mol. The SMILES string of the molecule is Cc1csc(=O)n1CC(=O)OCC(=O)NCCc1cccc(Cl)c1. The number of aryl methyl sites for hydroxylation is 1. The molecule has 2 rings (SSSR count). The molecule has 0 aliphatic rings. The lowest BCUT2D eigenvalue weighted by Crippen LogP contribution is -2.31. The van der Waals surface area contributed by atoms with Gasteiger partial charge in [0.1, 0.15) is 6.54 Å². The number of carbonyl (C=O) groups is 2. The van der Waals surface area contributed by atoms with Crippen molar-refractivity contribution in [2.24, 2.45) is 0 Å². The van der Waals surface area contributed by atoms with Gasteiger partial charge in [-0.05, 0) is 31.0 Å². The van der Waals surface area contributed by atoms with E-state index in [2.05, 4.69) is 5.32 Å². The van der Waals surface area contributed by atoms with Crippen LogP contribution in [0.2, 0.25) is 5.02 Å². The number of hydrogen-bond acceptors (Lipinski definition) is 5. The Labute approximate surface area is 148 Å². The van der Waals surface area contributed by atoms with Crippen molar-refractivity contribution in [1.29, 1.82) is 0 Å². The number of amides is 1. The van der Waals surface area contributed by atoms with Crippen LogP contribution in [0.3, 0.4) is 0 Å². The van der Waals surface area contributed by atoms with Gasteiger partial charge in [-0.1, -0.05) is 35.1 Å². The molecule has 1 aromatic heterocycles. The van der Waals surface area contributed by atoms with E-state index in [1.54, 1.807) is 18.4 Å². The summed E-state index contributed by atoms with van der Waals surface area (Å²) in [5.74, 6) is -1.01. The summed E-state index contributed by atoms with van der Waals surface area (Å²) in [4.78, 5) is 34.6. The number of nitrogens with one attached hydrogen (secondary N) is 1. The second-order valence-electron chi connectivity index (χ2n) is 5.12. The van der Waals surface area contributed by atoms with Crippen LogP contribution < -0.4 is 10.2 Å². The molecule has 0 spiro atoms. The highest BCUT2D eigenvalue weighted by atomic mass is 35.5. The number of thiazole rings is 1. The first-order chi connectivity index (χ1) is 11.5. The maximum atomic E-state index is 11.7. The molecule has 128 valence electrons. The molecule has 6 nitrogen and oxygen atoms in total. The molecule has 0 unspecified atom stereocenters. The van der Waals surface area contributed by atoms with Crippen molar-refractivity contribution in [3.63, 3.8) is 0 Å². The van der Waals surface area contributed by atoms with Crippen molar-refractivity contribution < 1.29 is 14.3 Å². The van der Waals surface area contributed by atoms with E-state index in [-0.39, 0.29) is 23.9 Å². The predicted molar refractivity (Wildman–Crippen MR) is 92.4 cm³/mol. The number of esters is 1. The van der Waals surface area contributed by atoms with Crippen molar-refractivity contribution in [1.82, 2.24) is 9.88 Å². The zero-order valence-electron chi connectivity index (χ0n) is 13.1. The third-order valence-corrected chi connectivity index (χ3v) is 4.37. The minimum atomic E-state index is -0.622. The summed E-state index contributed by atoms with van der Waals surface area (Å²) in [6.45, 7) is 1.59. The highest BCUT2D eigenvalue weighted by molar-refractivity contribution is 7.07. The third kappa shape index (κ3) is 5.50. The Morgan fingerprint density at radius 3 is 2.83 bits per heavy atom. The molecule has 1 heterocycles. The van der Waals surface area contributed by atoms with Gasteiger partial charge in [0.05, 0.1) is 0 Å². The maximum Gasteiger partial charge on any atom is 0.326 e. The molecule has 0 aliphatic heterocycles. The van der Waals surface area contributed by atoms with Crippen LogP contribution in [0.5, 0.6) is 0 Å². The first-order valence-corrected chi connectivity index (χ1v) is 8.53. The maximum absolute atomic E-state index is 11.7. The Morgan fingerprint density at radius 1 is 1.38 bits per heavy atom. The average molecular weight is 369 g/mol.